The normalized spacial score (nSPS) is 12.7. The van der Waals surface area contributed by atoms with Gasteiger partial charge in [-0.1, -0.05) is 124 Å². The van der Waals surface area contributed by atoms with Crippen LogP contribution < -0.4 is 4.74 Å². The van der Waals surface area contributed by atoms with E-state index in [2.05, 4.69) is 67.1 Å². The monoisotopic (exact) mass is 736 g/mol. The summed E-state index contributed by atoms with van der Waals surface area (Å²) in [7, 11) is 0. The summed E-state index contributed by atoms with van der Waals surface area (Å²) in [6, 6.07) is 39.5. The fourth-order valence-corrected chi connectivity index (χ4v) is 7.22. The molecule has 54 heavy (non-hydrogen) atoms. The fraction of sp³-hybridized carbons (Fsp3) is 0.234. The minimum atomic E-state index is -4.92. The van der Waals surface area contributed by atoms with E-state index >= 15 is 0 Å². The number of aryl methyl sites for hydroxylation is 2. The molecule has 6 aromatic rings. The summed E-state index contributed by atoms with van der Waals surface area (Å²) in [5, 5.41) is 0. The Balaban J connectivity index is 1.37. The molecule has 0 radical (unpaired) electrons. The van der Waals surface area contributed by atoms with Crippen LogP contribution in [0.15, 0.2) is 133 Å². The second-order valence-corrected chi connectivity index (χ2v) is 13.8. The first-order valence-corrected chi connectivity index (χ1v) is 18.4. The molecule has 6 rings (SSSR count). The highest BCUT2D eigenvalue weighted by atomic mass is 19.4. The Hall–Kier alpha value is -5.30. The molecule has 0 saturated heterocycles. The van der Waals surface area contributed by atoms with Crippen molar-refractivity contribution in [1.29, 1.82) is 0 Å². The van der Waals surface area contributed by atoms with Crippen molar-refractivity contribution in [3.63, 3.8) is 0 Å². The van der Waals surface area contributed by atoms with Gasteiger partial charge in [-0.05, 0) is 106 Å². The molecular formula is C47H42F6O. The molecule has 0 N–H and O–H groups in total. The van der Waals surface area contributed by atoms with E-state index in [9.17, 15) is 26.3 Å². The van der Waals surface area contributed by atoms with Crippen molar-refractivity contribution in [2.45, 2.75) is 70.6 Å². The average molecular weight is 737 g/mol. The van der Waals surface area contributed by atoms with Gasteiger partial charge in [-0.3, -0.25) is 0 Å². The van der Waals surface area contributed by atoms with E-state index in [1.807, 2.05) is 36.4 Å². The highest BCUT2D eigenvalue weighted by molar-refractivity contribution is 5.66. The molecule has 2 unspecified atom stereocenters. The van der Waals surface area contributed by atoms with Crippen molar-refractivity contribution >= 4 is 0 Å². The maximum absolute atomic E-state index is 15.0. The SMILES string of the molecule is CCCc1ccc(CC(c2ccc(-c3ccc(F)cc3F)cc2)C(Cc2ccc(-c3ccc(OC(F)(F)F)cc3F)cc2)c2ccc(CCC)cc2)cc1. The summed E-state index contributed by atoms with van der Waals surface area (Å²) in [4.78, 5) is 0. The number of alkyl halides is 3. The molecule has 0 aliphatic rings. The maximum Gasteiger partial charge on any atom is 0.573 e. The molecule has 0 spiro atoms. The van der Waals surface area contributed by atoms with Crippen molar-refractivity contribution in [2.24, 2.45) is 0 Å². The molecule has 0 heterocycles. The minimum absolute atomic E-state index is 0.00853. The van der Waals surface area contributed by atoms with Gasteiger partial charge in [0.05, 0.1) is 0 Å². The highest BCUT2D eigenvalue weighted by Crippen LogP contribution is 2.40. The molecule has 0 saturated carbocycles. The number of hydrogen-bond donors (Lipinski definition) is 0. The van der Waals surface area contributed by atoms with Gasteiger partial charge in [0, 0.05) is 23.3 Å². The first-order chi connectivity index (χ1) is 26.0. The lowest BCUT2D eigenvalue weighted by molar-refractivity contribution is -0.274. The first-order valence-electron chi connectivity index (χ1n) is 18.4. The van der Waals surface area contributed by atoms with Gasteiger partial charge in [-0.25, -0.2) is 13.2 Å². The fourth-order valence-electron chi connectivity index (χ4n) is 7.22. The number of benzene rings is 6. The summed E-state index contributed by atoms with van der Waals surface area (Å²) in [5.41, 5.74) is 8.64. The molecule has 0 aliphatic heterocycles. The molecule has 278 valence electrons. The second-order valence-electron chi connectivity index (χ2n) is 13.8. The Bertz CT molecular complexity index is 2120. The van der Waals surface area contributed by atoms with E-state index in [0.29, 0.717) is 23.1 Å². The van der Waals surface area contributed by atoms with Gasteiger partial charge in [-0.2, -0.15) is 0 Å². The zero-order valence-electron chi connectivity index (χ0n) is 30.3. The van der Waals surface area contributed by atoms with E-state index in [-0.39, 0.29) is 17.4 Å². The van der Waals surface area contributed by atoms with Crippen LogP contribution in [0.5, 0.6) is 5.75 Å². The van der Waals surface area contributed by atoms with Crippen LogP contribution in [0.3, 0.4) is 0 Å². The van der Waals surface area contributed by atoms with Crippen molar-refractivity contribution in [3.8, 4) is 28.0 Å². The Morgan fingerprint density at radius 3 is 1.35 bits per heavy atom. The molecule has 0 aliphatic carbocycles. The van der Waals surface area contributed by atoms with Gasteiger partial charge >= 0.3 is 6.36 Å². The van der Waals surface area contributed by atoms with Crippen molar-refractivity contribution < 1.29 is 31.1 Å². The van der Waals surface area contributed by atoms with Gasteiger partial charge < -0.3 is 4.74 Å². The van der Waals surface area contributed by atoms with E-state index in [1.54, 1.807) is 12.1 Å². The van der Waals surface area contributed by atoms with Crippen molar-refractivity contribution in [2.75, 3.05) is 0 Å². The largest absolute Gasteiger partial charge is 0.573 e. The zero-order valence-corrected chi connectivity index (χ0v) is 30.3. The molecule has 7 heteroatoms. The molecule has 0 aromatic heterocycles. The lowest BCUT2D eigenvalue weighted by Gasteiger charge is -2.29. The molecule has 2 atom stereocenters. The Labute approximate surface area is 313 Å². The summed E-state index contributed by atoms with van der Waals surface area (Å²) >= 11 is 0. The summed E-state index contributed by atoms with van der Waals surface area (Å²) < 4.78 is 85.4. The Morgan fingerprint density at radius 1 is 0.481 bits per heavy atom. The molecule has 0 amide bonds. The average Bonchev–Trinajstić information content (AvgIpc) is 3.14. The topological polar surface area (TPSA) is 9.23 Å². The minimum Gasteiger partial charge on any atom is -0.406 e. The summed E-state index contributed by atoms with van der Waals surface area (Å²) in [6.07, 6.45) is 0.522. The van der Waals surface area contributed by atoms with Crippen molar-refractivity contribution in [1.82, 2.24) is 0 Å². The molecule has 6 aromatic carbocycles. The third-order valence-electron chi connectivity index (χ3n) is 9.93. The van der Waals surface area contributed by atoms with Gasteiger partial charge in [0.15, 0.2) is 0 Å². The Morgan fingerprint density at radius 2 is 0.889 bits per heavy atom. The van der Waals surface area contributed by atoms with Crippen LogP contribution in [0.4, 0.5) is 26.3 Å². The van der Waals surface area contributed by atoms with E-state index in [0.717, 1.165) is 67.0 Å². The first kappa shape index (κ1) is 38.4. The van der Waals surface area contributed by atoms with Crippen molar-refractivity contribution in [3.05, 3.63) is 184 Å². The van der Waals surface area contributed by atoms with Crippen LogP contribution in [0.25, 0.3) is 22.3 Å². The standard InChI is InChI=1S/C47H42F6O/c1-3-5-31-7-9-33(10-8-31)27-44(38-21-19-36(20-22-38)41-25-23-39(48)29-45(41)49)43(37-15-11-32(6-4-2)12-16-37)28-34-13-17-35(18-14-34)42-26-24-40(30-46(42)50)54-47(51,52)53/h7-26,29-30,43-44H,3-6,27-28H2,1-2H3. The van der Waals surface area contributed by atoms with Gasteiger partial charge in [0.1, 0.15) is 23.2 Å². The Kier molecular flexibility index (Phi) is 12.3. The molecule has 0 bridgehead atoms. The smallest absolute Gasteiger partial charge is 0.406 e. The number of ether oxygens (including phenoxy) is 1. The maximum atomic E-state index is 15.0. The third kappa shape index (κ3) is 9.81. The van der Waals surface area contributed by atoms with Crippen LogP contribution >= 0.6 is 0 Å². The lowest BCUT2D eigenvalue weighted by Crippen LogP contribution is -2.17. The summed E-state index contributed by atoms with van der Waals surface area (Å²) in [6.45, 7) is 4.31. The zero-order chi connectivity index (χ0) is 38.2. The number of hydrogen-bond acceptors (Lipinski definition) is 1. The van der Waals surface area contributed by atoms with Gasteiger partial charge in [0.25, 0.3) is 0 Å². The lowest BCUT2D eigenvalue weighted by atomic mass is 9.74. The molecule has 0 fully saturated rings. The predicted molar refractivity (Wildman–Crippen MR) is 204 cm³/mol. The number of rotatable bonds is 14. The summed E-state index contributed by atoms with van der Waals surface area (Å²) in [5.74, 6) is -2.70. The van der Waals surface area contributed by atoms with E-state index in [4.69, 9.17) is 0 Å². The van der Waals surface area contributed by atoms with Crippen LogP contribution in [0.2, 0.25) is 0 Å². The third-order valence-corrected chi connectivity index (χ3v) is 9.93. The van der Waals surface area contributed by atoms with Crippen LogP contribution in [-0.4, -0.2) is 6.36 Å². The van der Waals surface area contributed by atoms with Crippen LogP contribution in [0.1, 0.15) is 71.9 Å². The second kappa shape index (κ2) is 17.2. The molecule has 1 nitrogen and oxygen atoms in total. The highest BCUT2D eigenvalue weighted by Gasteiger charge is 2.31. The van der Waals surface area contributed by atoms with Gasteiger partial charge in [0.2, 0.25) is 0 Å². The van der Waals surface area contributed by atoms with E-state index in [1.165, 1.54) is 34.9 Å². The van der Waals surface area contributed by atoms with Crippen LogP contribution in [0, 0.1) is 17.5 Å². The molecular weight excluding hydrogens is 695 g/mol. The predicted octanol–water partition coefficient (Wildman–Crippen LogP) is 13.6. The van der Waals surface area contributed by atoms with Gasteiger partial charge in [-0.15, -0.1) is 13.2 Å². The quantitative estimate of drug-likeness (QED) is 0.101. The van der Waals surface area contributed by atoms with E-state index < -0.39 is 29.6 Å². The van der Waals surface area contributed by atoms with Crippen LogP contribution in [-0.2, 0) is 25.7 Å². The number of halogens is 6.